The van der Waals surface area contributed by atoms with Crippen molar-refractivity contribution in [2.24, 2.45) is 0 Å². The maximum absolute atomic E-state index is 6.18. The molecule has 1 heterocycles. The van der Waals surface area contributed by atoms with Gasteiger partial charge in [-0.1, -0.05) is 23.7 Å². The van der Waals surface area contributed by atoms with Crippen molar-refractivity contribution in [3.8, 4) is 5.75 Å². The molecular weight excluding hydrogens is 248 g/mol. The number of halogens is 1. The Kier molecular flexibility index (Phi) is 4.18. The summed E-state index contributed by atoms with van der Waals surface area (Å²) >= 11 is 6.18. The number of nitrogens with one attached hydrogen (secondary N) is 1. The number of benzene rings is 1. The van der Waals surface area contributed by atoms with Crippen LogP contribution in [0.25, 0.3) is 0 Å². The van der Waals surface area contributed by atoms with E-state index in [-0.39, 0.29) is 6.04 Å². The van der Waals surface area contributed by atoms with Gasteiger partial charge in [0.15, 0.2) is 0 Å². The van der Waals surface area contributed by atoms with Gasteiger partial charge in [-0.25, -0.2) is 0 Å². The number of methoxy groups -OCH3 is 1. The summed E-state index contributed by atoms with van der Waals surface area (Å²) in [6.07, 6.45) is 1.75. The van der Waals surface area contributed by atoms with Gasteiger partial charge in [0.05, 0.1) is 23.9 Å². The summed E-state index contributed by atoms with van der Waals surface area (Å²) in [7, 11) is 3.54. The fourth-order valence-corrected chi connectivity index (χ4v) is 2.10. The van der Waals surface area contributed by atoms with E-state index in [4.69, 9.17) is 16.3 Å². The monoisotopic (exact) mass is 262 g/mol. The highest BCUT2D eigenvalue weighted by Gasteiger charge is 2.16. The van der Waals surface area contributed by atoms with Gasteiger partial charge in [-0.15, -0.1) is 0 Å². The highest BCUT2D eigenvalue weighted by Crippen LogP contribution is 2.27. The fraction of sp³-hybridized carbons (Fsp3) is 0.214. The second kappa shape index (κ2) is 5.85. The van der Waals surface area contributed by atoms with Gasteiger partial charge in [0.2, 0.25) is 0 Å². The minimum absolute atomic E-state index is 0.0235. The van der Waals surface area contributed by atoms with E-state index < -0.39 is 0 Å². The van der Waals surface area contributed by atoms with Crippen LogP contribution in [-0.4, -0.2) is 19.1 Å². The van der Waals surface area contributed by atoms with Crippen molar-refractivity contribution < 1.29 is 4.74 Å². The molecule has 1 unspecified atom stereocenters. The molecule has 1 N–H and O–H groups in total. The molecule has 1 atom stereocenters. The molecule has 2 aromatic rings. The highest BCUT2D eigenvalue weighted by atomic mass is 35.5. The Hall–Kier alpha value is -1.58. The molecule has 0 aliphatic rings. The van der Waals surface area contributed by atoms with Crippen molar-refractivity contribution >= 4 is 11.6 Å². The van der Waals surface area contributed by atoms with E-state index in [1.165, 1.54) is 0 Å². The second-order valence-corrected chi connectivity index (χ2v) is 4.27. The molecule has 0 amide bonds. The molecule has 0 spiro atoms. The van der Waals surface area contributed by atoms with Crippen molar-refractivity contribution in [1.82, 2.24) is 10.3 Å². The number of aromatic nitrogens is 1. The lowest BCUT2D eigenvalue weighted by atomic mass is 10.0. The molecule has 4 heteroatoms. The lowest BCUT2D eigenvalue weighted by Crippen LogP contribution is -2.19. The van der Waals surface area contributed by atoms with E-state index in [9.17, 15) is 0 Å². The average molecular weight is 263 g/mol. The summed E-state index contributed by atoms with van der Waals surface area (Å²) in [5.41, 5.74) is 1.92. The van der Waals surface area contributed by atoms with Crippen LogP contribution in [0.3, 0.4) is 0 Å². The summed E-state index contributed by atoms with van der Waals surface area (Å²) in [5.74, 6) is 0.834. The Labute approximate surface area is 112 Å². The smallest absolute Gasteiger partial charge is 0.118 e. The van der Waals surface area contributed by atoms with Crippen LogP contribution >= 0.6 is 11.6 Å². The quantitative estimate of drug-likeness (QED) is 0.920. The van der Waals surface area contributed by atoms with Crippen LogP contribution in [0, 0.1) is 0 Å². The molecule has 2 rings (SSSR count). The lowest BCUT2D eigenvalue weighted by molar-refractivity contribution is 0.414. The van der Waals surface area contributed by atoms with Gasteiger partial charge in [0, 0.05) is 6.20 Å². The third kappa shape index (κ3) is 2.63. The van der Waals surface area contributed by atoms with Crippen LogP contribution in [0.5, 0.6) is 5.75 Å². The zero-order valence-electron chi connectivity index (χ0n) is 10.4. The van der Waals surface area contributed by atoms with Crippen molar-refractivity contribution in [2.45, 2.75) is 6.04 Å². The van der Waals surface area contributed by atoms with Crippen LogP contribution < -0.4 is 10.1 Å². The molecule has 0 fully saturated rings. The summed E-state index contributed by atoms with van der Waals surface area (Å²) in [6.45, 7) is 0. The molecule has 94 valence electrons. The minimum atomic E-state index is -0.0235. The standard InChI is InChI=1S/C14H15ClN2O/c1-16-13(14-12(15)4-3-9-17-14)10-5-7-11(18-2)8-6-10/h3-9,13,16H,1-2H3. The summed E-state index contributed by atoms with van der Waals surface area (Å²) in [6, 6.07) is 11.5. The van der Waals surface area contributed by atoms with Crippen molar-refractivity contribution in [3.05, 3.63) is 58.9 Å². The SMILES string of the molecule is CNC(c1ccc(OC)cc1)c1ncccc1Cl. The predicted molar refractivity (Wildman–Crippen MR) is 73.1 cm³/mol. The molecular formula is C14H15ClN2O. The van der Waals surface area contributed by atoms with E-state index in [2.05, 4.69) is 10.3 Å². The molecule has 0 radical (unpaired) electrons. The number of pyridine rings is 1. The Morgan fingerprint density at radius 1 is 1.22 bits per heavy atom. The van der Waals surface area contributed by atoms with E-state index in [1.807, 2.05) is 43.4 Å². The molecule has 0 bridgehead atoms. The van der Waals surface area contributed by atoms with Gasteiger partial charge >= 0.3 is 0 Å². The molecule has 0 saturated heterocycles. The molecule has 3 nitrogen and oxygen atoms in total. The first kappa shape index (κ1) is 12.9. The molecule has 1 aromatic carbocycles. The Bertz CT molecular complexity index is 513. The van der Waals surface area contributed by atoms with Crippen molar-refractivity contribution in [3.63, 3.8) is 0 Å². The van der Waals surface area contributed by atoms with Crippen LogP contribution in [-0.2, 0) is 0 Å². The first-order valence-electron chi connectivity index (χ1n) is 5.68. The molecule has 0 aliphatic carbocycles. The zero-order valence-corrected chi connectivity index (χ0v) is 11.1. The molecule has 18 heavy (non-hydrogen) atoms. The second-order valence-electron chi connectivity index (χ2n) is 3.87. The van der Waals surface area contributed by atoms with Gasteiger partial charge < -0.3 is 10.1 Å². The molecule has 1 aromatic heterocycles. The topological polar surface area (TPSA) is 34.1 Å². The van der Waals surface area contributed by atoms with E-state index in [0.29, 0.717) is 5.02 Å². The fourth-order valence-electron chi connectivity index (χ4n) is 1.87. The van der Waals surface area contributed by atoms with Crippen LogP contribution in [0.15, 0.2) is 42.6 Å². The van der Waals surface area contributed by atoms with Gasteiger partial charge in [-0.2, -0.15) is 0 Å². The van der Waals surface area contributed by atoms with E-state index >= 15 is 0 Å². The normalized spacial score (nSPS) is 12.2. The first-order chi connectivity index (χ1) is 8.76. The maximum atomic E-state index is 6.18. The maximum Gasteiger partial charge on any atom is 0.118 e. The number of hydrogen-bond acceptors (Lipinski definition) is 3. The number of nitrogens with zero attached hydrogens (tertiary/aromatic N) is 1. The van der Waals surface area contributed by atoms with Gasteiger partial charge in [0.1, 0.15) is 5.75 Å². The van der Waals surface area contributed by atoms with E-state index in [0.717, 1.165) is 17.0 Å². The van der Waals surface area contributed by atoms with Gasteiger partial charge in [-0.3, -0.25) is 4.98 Å². The average Bonchev–Trinajstić information content (AvgIpc) is 2.42. The predicted octanol–water partition coefficient (Wildman–Crippen LogP) is 3.05. The lowest BCUT2D eigenvalue weighted by Gasteiger charge is -2.17. The summed E-state index contributed by atoms with van der Waals surface area (Å²) in [5, 5.41) is 3.89. The highest BCUT2D eigenvalue weighted by molar-refractivity contribution is 6.31. The Balaban J connectivity index is 2.36. The largest absolute Gasteiger partial charge is 0.497 e. The zero-order chi connectivity index (χ0) is 13.0. The summed E-state index contributed by atoms with van der Waals surface area (Å²) in [4.78, 5) is 4.34. The van der Waals surface area contributed by atoms with Gasteiger partial charge in [0.25, 0.3) is 0 Å². The number of rotatable bonds is 4. The van der Waals surface area contributed by atoms with Crippen LogP contribution in [0.4, 0.5) is 0 Å². The molecule has 0 saturated carbocycles. The minimum Gasteiger partial charge on any atom is -0.497 e. The van der Waals surface area contributed by atoms with Crippen LogP contribution in [0.1, 0.15) is 17.3 Å². The summed E-state index contributed by atoms with van der Waals surface area (Å²) < 4.78 is 5.15. The number of hydrogen-bond donors (Lipinski definition) is 1. The third-order valence-corrected chi connectivity index (χ3v) is 3.12. The van der Waals surface area contributed by atoms with Crippen molar-refractivity contribution in [1.29, 1.82) is 0 Å². The molecule has 0 aliphatic heterocycles. The number of ether oxygens (including phenoxy) is 1. The Morgan fingerprint density at radius 2 is 1.94 bits per heavy atom. The van der Waals surface area contributed by atoms with Gasteiger partial charge in [-0.05, 0) is 36.9 Å². The first-order valence-corrected chi connectivity index (χ1v) is 6.05. The Morgan fingerprint density at radius 3 is 2.50 bits per heavy atom. The van der Waals surface area contributed by atoms with Crippen LogP contribution in [0.2, 0.25) is 5.02 Å². The third-order valence-electron chi connectivity index (χ3n) is 2.80. The van der Waals surface area contributed by atoms with E-state index in [1.54, 1.807) is 13.3 Å². The van der Waals surface area contributed by atoms with Crippen molar-refractivity contribution in [2.75, 3.05) is 14.2 Å².